The van der Waals surface area contributed by atoms with Crippen molar-refractivity contribution in [2.45, 2.75) is 12.8 Å². The predicted octanol–water partition coefficient (Wildman–Crippen LogP) is 9.71. The Labute approximate surface area is 253 Å². The number of hydrogen-bond donors (Lipinski definition) is 1. The van der Waals surface area contributed by atoms with Crippen molar-refractivity contribution in [1.82, 2.24) is 9.88 Å². The molecular weight excluding hydrogens is 545 g/mol. The second-order valence-electron chi connectivity index (χ2n) is 10.8. The Hall–Kier alpha value is -5.26. The normalized spacial score (nSPS) is 12.9. The quantitative estimate of drug-likeness (QED) is 0.156. The molecule has 1 unspecified atom stereocenters. The zero-order valence-electron chi connectivity index (χ0n) is 23.4. The lowest BCUT2D eigenvalue weighted by molar-refractivity contribution is 0.679. The van der Waals surface area contributed by atoms with Crippen molar-refractivity contribution in [2.24, 2.45) is 9.98 Å². The van der Waals surface area contributed by atoms with E-state index in [4.69, 9.17) is 4.99 Å². The molecule has 0 aliphatic rings. The van der Waals surface area contributed by atoms with Gasteiger partial charge in [0.05, 0.1) is 11.0 Å². The van der Waals surface area contributed by atoms with Crippen molar-refractivity contribution < 1.29 is 0 Å². The molecule has 0 radical (unpaired) electrons. The number of aromatic nitrogens is 1. The SMILES string of the molecule is C=NC(N/C(=N\Cn1c2ccccc2c2cc3c(cc21)sc1cc2ccccc2cc13)c1ccccc1)c1ccccc1. The summed E-state index contributed by atoms with van der Waals surface area (Å²) in [5.74, 6) is 0.780. The Morgan fingerprint density at radius 3 is 2.09 bits per heavy atom. The van der Waals surface area contributed by atoms with Crippen molar-refractivity contribution in [1.29, 1.82) is 0 Å². The number of rotatable bonds is 6. The van der Waals surface area contributed by atoms with Crippen LogP contribution in [0.2, 0.25) is 0 Å². The Morgan fingerprint density at radius 2 is 1.30 bits per heavy atom. The van der Waals surface area contributed by atoms with Crippen LogP contribution in [0.4, 0.5) is 0 Å². The molecule has 0 spiro atoms. The first-order chi connectivity index (χ1) is 21.3. The number of nitrogens with zero attached hydrogens (tertiary/aromatic N) is 3. The van der Waals surface area contributed by atoms with Crippen LogP contribution in [0.3, 0.4) is 0 Å². The molecule has 8 aromatic rings. The predicted molar refractivity (Wildman–Crippen MR) is 185 cm³/mol. The number of aliphatic imine (C=N–C) groups is 2. The molecular formula is C38H28N4S. The third-order valence-electron chi connectivity index (χ3n) is 8.22. The number of nitrogens with one attached hydrogen (secondary N) is 1. The summed E-state index contributed by atoms with van der Waals surface area (Å²) in [5, 5.41) is 11.2. The maximum atomic E-state index is 5.19. The molecule has 43 heavy (non-hydrogen) atoms. The number of hydrogen-bond acceptors (Lipinski definition) is 3. The standard InChI is InChI=1S/C38H28N4S/c1-39-37(25-12-4-2-5-13-25)41-38(26-14-6-3-7-15-26)40-24-42-33-19-11-10-18-29(33)30-22-32-31-20-27-16-8-9-17-28(27)21-35(31)43-36(32)23-34(30)42/h2-23,37H,1,24H2,(H,40,41). The molecule has 5 heteroatoms. The van der Waals surface area contributed by atoms with E-state index in [0.717, 1.165) is 17.0 Å². The van der Waals surface area contributed by atoms with Crippen molar-refractivity contribution in [3.05, 3.63) is 145 Å². The minimum atomic E-state index is -0.313. The van der Waals surface area contributed by atoms with Gasteiger partial charge in [0.15, 0.2) is 0 Å². The fourth-order valence-corrected chi connectivity index (χ4v) is 7.26. The van der Waals surface area contributed by atoms with Crippen LogP contribution in [-0.2, 0) is 6.67 Å². The van der Waals surface area contributed by atoms with Gasteiger partial charge in [-0.15, -0.1) is 11.3 Å². The molecule has 4 nitrogen and oxygen atoms in total. The number of amidine groups is 1. The summed E-state index contributed by atoms with van der Waals surface area (Å²) in [6.45, 7) is 4.33. The average Bonchev–Trinajstić information content (AvgIpc) is 3.57. The number of benzene rings is 6. The van der Waals surface area contributed by atoms with Crippen LogP contribution in [0.15, 0.2) is 143 Å². The first-order valence-corrected chi connectivity index (χ1v) is 15.2. The number of para-hydroxylation sites is 1. The summed E-state index contributed by atoms with van der Waals surface area (Å²) in [5.41, 5.74) is 4.40. The van der Waals surface area contributed by atoms with E-state index in [1.165, 1.54) is 52.8 Å². The summed E-state index contributed by atoms with van der Waals surface area (Å²) >= 11 is 1.86. The molecule has 0 fully saturated rings. The molecule has 0 bridgehead atoms. The van der Waals surface area contributed by atoms with E-state index in [-0.39, 0.29) is 6.17 Å². The third kappa shape index (κ3) is 4.46. The van der Waals surface area contributed by atoms with Crippen LogP contribution in [0.1, 0.15) is 17.3 Å². The van der Waals surface area contributed by atoms with Crippen molar-refractivity contribution in [2.75, 3.05) is 0 Å². The lowest BCUT2D eigenvalue weighted by Gasteiger charge is -2.18. The van der Waals surface area contributed by atoms with Crippen molar-refractivity contribution >= 4 is 76.6 Å². The molecule has 0 aliphatic heterocycles. The Bertz CT molecular complexity index is 2310. The van der Waals surface area contributed by atoms with Crippen LogP contribution in [0, 0.1) is 0 Å². The van der Waals surface area contributed by atoms with Crippen LogP contribution >= 0.6 is 11.3 Å². The summed E-state index contributed by atoms with van der Waals surface area (Å²) in [6.07, 6.45) is -0.313. The molecule has 1 atom stereocenters. The van der Waals surface area contributed by atoms with Crippen LogP contribution < -0.4 is 5.32 Å². The van der Waals surface area contributed by atoms with Gasteiger partial charge in [0.2, 0.25) is 0 Å². The molecule has 0 aliphatic carbocycles. The topological polar surface area (TPSA) is 41.7 Å². The van der Waals surface area contributed by atoms with Gasteiger partial charge in [-0.2, -0.15) is 0 Å². The molecule has 6 aromatic carbocycles. The maximum absolute atomic E-state index is 5.19. The second-order valence-corrected chi connectivity index (χ2v) is 11.8. The molecule has 0 amide bonds. The van der Waals surface area contributed by atoms with Gasteiger partial charge in [0.25, 0.3) is 0 Å². The van der Waals surface area contributed by atoms with Crippen LogP contribution in [0.25, 0.3) is 52.8 Å². The van der Waals surface area contributed by atoms with E-state index in [1.807, 2.05) is 47.7 Å². The Morgan fingerprint density at radius 1 is 0.651 bits per heavy atom. The lowest BCUT2D eigenvalue weighted by atomic mass is 10.0. The highest BCUT2D eigenvalue weighted by molar-refractivity contribution is 7.26. The minimum Gasteiger partial charge on any atom is -0.345 e. The van der Waals surface area contributed by atoms with Gasteiger partial charge >= 0.3 is 0 Å². The van der Waals surface area contributed by atoms with E-state index in [1.54, 1.807) is 0 Å². The van der Waals surface area contributed by atoms with Crippen LogP contribution in [0.5, 0.6) is 0 Å². The summed E-state index contributed by atoms with van der Waals surface area (Å²) in [4.78, 5) is 9.59. The number of fused-ring (bicyclic) bond motifs is 7. The van der Waals surface area contributed by atoms with Gasteiger partial charge in [-0.05, 0) is 53.4 Å². The highest BCUT2D eigenvalue weighted by Crippen LogP contribution is 2.41. The summed E-state index contributed by atoms with van der Waals surface area (Å²) in [7, 11) is 0. The Kier molecular flexibility index (Phi) is 6.24. The van der Waals surface area contributed by atoms with E-state index in [2.05, 4.69) is 119 Å². The first-order valence-electron chi connectivity index (χ1n) is 14.4. The molecule has 0 saturated heterocycles. The molecule has 2 heterocycles. The van der Waals surface area contributed by atoms with E-state index < -0.39 is 0 Å². The largest absolute Gasteiger partial charge is 0.345 e. The van der Waals surface area contributed by atoms with Crippen LogP contribution in [-0.4, -0.2) is 17.1 Å². The fraction of sp³-hybridized carbons (Fsp3) is 0.0526. The fourth-order valence-electron chi connectivity index (χ4n) is 6.11. The maximum Gasteiger partial charge on any atom is 0.145 e. The van der Waals surface area contributed by atoms with E-state index in [9.17, 15) is 0 Å². The highest BCUT2D eigenvalue weighted by Gasteiger charge is 2.16. The van der Waals surface area contributed by atoms with Gasteiger partial charge in [-0.3, -0.25) is 4.99 Å². The molecule has 8 rings (SSSR count). The second kappa shape index (κ2) is 10.5. The van der Waals surface area contributed by atoms with Gasteiger partial charge < -0.3 is 9.88 Å². The Balaban J connectivity index is 1.28. The average molecular weight is 573 g/mol. The van der Waals surface area contributed by atoms with Crippen molar-refractivity contribution in [3.63, 3.8) is 0 Å². The monoisotopic (exact) mass is 572 g/mol. The molecule has 206 valence electrons. The van der Waals surface area contributed by atoms with E-state index in [0.29, 0.717) is 6.67 Å². The smallest absolute Gasteiger partial charge is 0.145 e. The first kappa shape index (κ1) is 25.5. The zero-order valence-corrected chi connectivity index (χ0v) is 24.3. The van der Waals surface area contributed by atoms with Gasteiger partial charge in [-0.25, -0.2) is 4.99 Å². The minimum absolute atomic E-state index is 0.313. The highest BCUT2D eigenvalue weighted by atomic mass is 32.1. The van der Waals surface area contributed by atoms with Gasteiger partial charge in [0.1, 0.15) is 18.7 Å². The van der Waals surface area contributed by atoms with E-state index >= 15 is 0 Å². The molecule has 0 saturated carbocycles. The molecule has 1 N–H and O–H groups in total. The zero-order chi connectivity index (χ0) is 28.8. The van der Waals surface area contributed by atoms with Gasteiger partial charge in [-0.1, -0.05) is 103 Å². The number of thiophene rings is 1. The van der Waals surface area contributed by atoms with Gasteiger partial charge in [0, 0.05) is 36.5 Å². The molecule has 2 aromatic heterocycles. The third-order valence-corrected chi connectivity index (χ3v) is 9.34. The lowest BCUT2D eigenvalue weighted by Crippen LogP contribution is -2.28. The summed E-state index contributed by atoms with van der Waals surface area (Å²) in [6, 6.07) is 47.0. The van der Waals surface area contributed by atoms with Crippen molar-refractivity contribution in [3.8, 4) is 0 Å². The summed E-state index contributed by atoms with van der Waals surface area (Å²) < 4.78 is 4.93.